The van der Waals surface area contributed by atoms with Crippen LogP contribution in [0.2, 0.25) is 0 Å². The van der Waals surface area contributed by atoms with Gasteiger partial charge in [0, 0.05) is 13.2 Å². The molecule has 4 heteroatoms. The average Bonchev–Trinajstić information content (AvgIpc) is 2.56. The van der Waals surface area contributed by atoms with Gasteiger partial charge in [-0.25, -0.2) is 0 Å². The van der Waals surface area contributed by atoms with Crippen LogP contribution in [-0.2, 0) is 9.53 Å². The summed E-state index contributed by atoms with van der Waals surface area (Å²) >= 11 is 0. The van der Waals surface area contributed by atoms with Crippen molar-refractivity contribution in [3.8, 4) is 0 Å². The lowest BCUT2D eigenvalue weighted by Crippen LogP contribution is -2.36. The first kappa shape index (κ1) is 10.5. The first-order valence-electron chi connectivity index (χ1n) is 4.83. The average molecular weight is 186 g/mol. The van der Waals surface area contributed by atoms with E-state index in [0.29, 0.717) is 12.3 Å². The number of hydrogen-bond acceptors (Lipinski definition) is 3. The molecular weight excluding hydrogens is 168 g/mol. The van der Waals surface area contributed by atoms with Crippen LogP contribution in [-0.4, -0.2) is 25.2 Å². The van der Waals surface area contributed by atoms with E-state index in [1.807, 2.05) is 0 Å². The molecule has 1 heterocycles. The second-order valence-electron chi connectivity index (χ2n) is 3.67. The lowest BCUT2D eigenvalue weighted by atomic mass is 9.99. The Hall–Kier alpha value is -0.610. The van der Waals surface area contributed by atoms with Crippen molar-refractivity contribution in [1.29, 1.82) is 0 Å². The van der Waals surface area contributed by atoms with Gasteiger partial charge in [-0.2, -0.15) is 0 Å². The van der Waals surface area contributed by atoms with Crippen molar-refractivity contribution in [3.63, 3.8) is 0 Å². The third kappa shape index (κ3) is 3.74. The zero-order chi connectivity index (χ0) is 9.68. The Balaban J connectivity index is 2.02. The highest BCUT2D eigenvalue weighted by Crippen LogP contribution is 2.18. The first-order valence-corrected chi connectivity index (χ1v) is 4.83. The number of rotatable bonds is 5. The number of ether oxygens (including phenoxy) is 1. The highest BCUT2D eigenvalue weighted by molar-refractivity contribution is 5.79. The molecule has 1 rings (SSSR count). The minimum atomic E-state index is -0.470. The predicted molar refractivity (Wildman–Crippen MR) is 49.9 cm³/mol. The van der Waals surface area contributed by atoms with Crippen LogP contribution in [0.5, 0.6) is 0 Å². The minimum absolute atomic E-state index is 0.400. The molecule has 0 aromatic rings. The molecule has 4 nitrogen and oxygen atoms in total. The molecule has 1 aliphatic heterocycles. The molecule has 0 bridgehead atoms. The number of primary amides is 1. The van der Waals surface area contributed by atoms with Gasteiger partial charge in [-0.1, -0.05) is 6.42 Å². The summed E-state index contributed by atoms with van der Waals surface area (Å²) in [5.41, 5.74) is 10.5. The summed E-state index contributed by atoms with van der Waals surface area (Å²) in [5, 5.41) is 0. The fourth-order valence-corrected chi connectivity index (χ4v) is 1.58. The Morgan fingerprint density at radius 2 is 2.38 bits per heavy atom. The van der Waals surface area contributed by atoms with Crippen molar-refractivity contribution >= 4 is 5.91 Å². The highest BCUT2D eigenvalue weighted by Gasteiger charge is 2.16. The second kappa shape index (κ2) is 5.19. The molecule has 0 aliphatic carbocycles. The van der Waals surface area contributed by atoms with E-state index in [0.717, 1.165) is 32.5 Å². The molecule has 2 atom stereocenters. The van der Waals surface area contributed by atoms with Gasteiger partial charge in [0.15, 0.2) is 0 Å². The Morgan fingerprint density at radius 1 is 1.62 bits per heavy atom. The Morgan fingerprint density at radius 3 is 2.92 bits per heavy atom. The number of amides is 1. The maximum atomic E-state index is 10.6. The zero-order valence-electron chi connectivity index (χ0n) is 7.87. The molecule has 13 heavy (non-hydrogen) atoms. The highest BCUT2D eigenvalue weighted by atomic mass is 16.5. The molecule has 1 fully saturated rings. The van der Waals surface area contributed by atoms with Crippen LogP contribution in [0.3, 0.4) is 0 Å². The summed E-state index contributed by atoms with van der Waals surface area (Å²) in [4.78, 5) is 10.6. The molecule has 0 aromatic carbocycles. The lowest BCUT2D eigenvalue weighted by molar-refractivity contribution is -0.119. The summed E-state index contributed by atoms with van der Waals surface area (Å²) in [7, 11) is 0. The van der Waals surface area contributed by atoms with Crippen LogP contribution in [0.1, 0.15) is 25.7 Å². The summed E-state index contributed by atoms with van der Waals surface area (Å²) < 4.78 is 5.24. The van der Waals surface area contributed by atoms with Gasteiger partial charge in [-0.05, 0) is 25.2 Å². The molecule has 0 saturated carbocycles. The molecule has 76 valence electrons. The van der Waals surface area contributed by atoms with Crippen LogP contribution in [0, 0.1) is 5.92 Å². The van der Waals surface area contributed by atoms with Crippen LogP contribution < -0.4 is 11.5 Å². The van der Waals surface area contributed by atoms with Gasteiger partial charge in [-0.3, -0.25) is 4.79 Å². The van der Waals surface area contributed by atoms with Crippen molar-refractivity contribution in [1.82, 2.24) is 0 Å². The number of nitrogens with two attached hydrogens (primary N) is 2. The fourth-order valence-electron chi connectivity index (χ4n) is 1.58. The predicted octanol–water partition coefficient (Wildman–Crippen LogP) is 0.00580. The molecule has 2 unspecified atom stereocenters. The Labute approximate surface area is 78.6 Å². The topological polar surface area (TPSA) is 78.3 Å². The monoisotopic (exact) mass is 186 g/mol. The standard InChI is InChI=1S/C9H18N2O2/c10-8(9(11)12)3-1-2-7-4-5-13-6-7/h7-8H,1-6,10H2,(H2,11,12). The van der Waals surface area contributed by atoms with Gasteiger partial charge >= 0.3 is 0 Å². The molecule has 0 spiro atoms. The lowest BCUT2D eigenvalue weighted by Gasteiger charge is -2.09. The molecular formula is C9H18N2O2. The third-order valence-electron chi connectivity index (χ3n) is 2.52. The molecule has 4 N–H and O–H groups in total. The van der Waals surface area contributed by atoms with Crippen LogP contribution >= 0.6 is 0 Å². The normalized spacial score (nSPS) is 24.5. The van der Waals surface area contributed by atoms with Crippen molar-refractivity contribution in [3.05, 3.63) is 0 Å². The van der Waals surface area contributed by atoms with E-state index in [4.69, 9.17) is 16.2 Å². The molecule has 1 aliphatic rings. The van der Waals surface area contributed by atoms with E-state index in [9.17, 15) is 4.79 Å². The number of carbonyl (C=O) groups excluding carboxylic acids is 1. The maximum absolute atomic E-state index is 10.6. The van der Waals surface area contributed by atoms with Crippen molar-refractivity contribution in [2.45, 2.75) is 31.7 Å². The largest absolute Gasteiger partial charge is 0.381 e. The summed E-state index contributed by atoms with van der Waals surface area (Å²) in [6.07, 6.45) is 3.91. The summed E-state index contributed by atoms with van der Waals surface area (Å²) in [6.45, 7) is 1.75. The zero-order valence-corrected chi connectivity index (χ0v) is 7.87. The maximum Gasteiger partial charge on any atom is 0.234 e. The van der Waals surface area contributed by atoms with Gasteiger partial charge in [0.2, 0.25) is 5.91 Å². The van der Waals surface area contributed by atoms with E-state index in [2.05, 4.69) is 0 Å². The van der Waals surface area contributed by atoms with Crippen molar-refractivity contribution in [2.24, 2.45) is 17.4 Å². The van der Waals surface area contributed by atoms with E-state index in [-0.39, 0.29) is 0 Å². The van der Waals surface area contributed by atoms with Crippen LogP contribution in [0.25, 0.3) is 0 Å². The number of carbonyl (C=O) groups is 1. The SMILES string of the molecule is NC(=O)C(N)CCCC1CCOC1. The van der Waals surface area contributed by atoms with E-state index in [1.165, 1.54) is 0 Å². The van der Waals surface area contributed by atoms with E-state index in [1.54, 1.807) is 0 Å². The summed E-state index contributed by atoms with van der Waals surface area (Å²) in [6, 6.07) is -0.470. The van der Waals surface area contributed by atoms with Crippen molar-refractivity contribution in [2.75, 3.05) is 13.2 Å². The molecule has 1 amide bonds. The first-order chi connectivity index (χ1) is 6.20. The smallest absolute Gasteiger partial charge is 0.234 e. The van der Waals surface area contributed by atoms with Gasteiger partial charge < -0.3 is 16.2 Å². The van der Waals surface area contributed by atoms with E-state index < -0.39 is 11.9 Å². The fraction of sp³-hybridized carbons (Fsp3) is 0.889. The minimum Gasteiger partial charge on any atom is -0.381 e. The molecule has 0 aromatic heterocycles. The molecule has 0 radical (unpaired) electrons. The number of hydrogen-bond donors (Lipinski definition) is 2. The van der Waals surface area contributed by atoms with E-state index >= 15 is 0 Å². The quantitative estimate of drug-likeness (QED) is 0.634. The van der Waals surface area contributed by atoms with Crippen LogP contribution in [0.4, 0.5) is 0 Å². The third-order valence-corrected chi connectivity index (χ3v) is 2.52. The second-order valence-corrected chi connectivity index (χ2v) is 3.67. The van der Waals surface area contributed by atoms with Gasteiger partial charge in [0.05, 0.1) is 6.04 Å². The van der Waals surface area contributed by atoms with Crippen molar-refractivity contribution < 1.29 is 9.53 Å². The summed E-state index contributed by atoms with van der Waals surface area (Å²) in [5.74, 6) is 0.266. The van der Waals surface area contributed by atoms with Gasteiger partial charge in [-0.15, -0.1) is 0 Å². The van der Waals surface area contributed by atoms with Gasteiger partial charge in [0.1, 0.15) is 0 Å². The molecule has 1 saturated heterocycles. The van der Waals surface area contributed by atoms with Crippen LogP contribution in [0.15, 0.2) is 0 Å². The van der Waals surface area contributed by atoms with Gasteiger partial charge in [0.25, 0.3) is 0 Å². The Bertz CT molecular complexity index is 167. The Kier molecular flexibility index (Phi) is 4.18.